The third-order valence-corrected chi connectivity index (χ3v) is 4.03. The summed E-state index contributed by atoms with van der Waals surface area (Å²) in [6.45, 7) is 2.33. The molecule has 0 saturated heterocycles. The van der Waals surface area contributed by atoms with Gasteiger partial charge in [-0.2, -0.15) is 0 Å². The number of amides is 1. The molecule has 2 aliphatic rings. The highest BCUT2D eigenvalue weighted by atomic mass is 35.5. The molecule has 4 nitrogen and oxygen atoms in total. The molecular weight excluding hydrogens is 309 g/mol. The van der Waals surface area contributed by atoms with Crippen LogP contribution >= 0.6 is 23.2 Å². The average molecular weight is 326 g/mol. The third kappa shape index (κ3) is 3.79. The van der Waals surface area contributed by atoms with E-state index in [4.69, 9.17) is 29.0 Å². The van der Waals surface area contributed by atoms with Gasteiger partial charge in [0.15, 0.2) is 0 Å². The van der Waals surface area contributed by atoms with Crippen molar-refractivity contribution in [3.05, 3.63) is 57.4 Å². The summed E-state index contributed by atoms with van der Waals surface area (Å²) in [5.74, 6) is 6.04. The zero-order valence-electron chi connectivity index (χ0n) is 11.7. The van der Waals surface area contributed by atoms with Crippen molar-refractivity contribution in [2.24, 2.45) is 5.84 Å². The van der Waals surface area contributed by atoms with E-state index >= 15 is 0 Å². The van der Waals surface area contributed by atoms with Gasteiger partial charge in [-0.05, 0) is 36.6 Å². The number of halogens is 2. The minimum atomic E-state index is -0.272. The molecule has 112 valence electrons. The fourth-order valence-corrected chi connectivity index (χ4v) is 2.70. The maximum absolute atomic E-state index is 12.0. The maximum Gasteiger partial charge on any atom is 0.266 e. The smallest absolute Gasteiger partial charge is 0.266 e. The second-order valence-corrected chi connectivity index (χ2v) is 5.61. The summed E-state index contributed by atoms with van der Waals surface area (Å²) < 4.78 is 0. The highest BCUT2D eigenvalue weighted by molar-refractivity contribution is 6.36. The number of hydrogen-bond donors (Lipinski definition) is 2. The molecule has 6 heteroatoms. The van der Waals surface area contributed by atoms with Crippen molar-refractivity contribution in [2.75, 3.05) is 6.54 Å². The number of carbonyl (C=O) groups excluding carboxylic acids is 1. The molecule has 0 aromatic heterocycles. The molecule has 0 aromatic carbocycles. The van der Waals surface area contributed by atoms with Gasteiger partial charge in [0.2, 0.25) is 0 Å². The van der Waals surface area contributed by atoms with Gasteiger partial charge in [0, 0.05) is 29.1 Å². The molecule has 3 N–H and O–H groups in total. The van der Waals surface area contributed by atoms with Gasteiger partial charge >= 0.3 is 0 Å². The molecule has 0 spiro atoms. The first-order valence-corrected chi connectivity index (χ1v) is 7.37. The highest BCUT2D eigenvalue weighted by Gasteiger charge is 2.19. The monoisotopic (exact) mass is 325 g/mol. The topological polar surface area (TPSA) is 58.4 Å². The van der Waals surface area contributed by atoms with E-state index in [9.17, 15) is 4.79 Å². The summed E-state index contributed by atoms with van der Waals surface area (Å²) >= 11 is 12.5. The molecule has 1 aliphatic carbocycles. The summed E-state index contributed by atoms with van der Waals surface area (Å²) in [4.78, 5) is 12.0. The van der Waals surface area contributed by atoms with Crippen LogP contribution in [0.2, 0.25) is 0 Å². The molecule has 1 aliphatic heterocycles. The third-order valence-electron chi connectivity index (χ3n) is 3.29. The van der Waals surface area contributed by atoms with Crippen LogP contribution in [0.3, 0.4) is 0 Å². The van der Waals surface area contributed by atoms with E-state index in [0.717, 1.165) is 16.2 Å². The van der Waals surface area contributed by atoms with Crippen molar-refractivity contribution >= 4 is 29.1 Å². The highest BCUT2D eigenvalue weighted by Crippen LogP contribution is 2.31. The standard InChI is InChI=1S/C15H17Cl2N3O/c1-2-14-19-9-10(8-15(21)20(14)18)7-11-12(16)5-3-4-6-13(11)17/h2-5,8,19H,6-7,9,18H2,1H3/b14-2-. The summed E-state index contributed by atoms with van der Waals surface area (Å²) in [5.41, 5.74) is 1.73. The Hall–Kier alpha value is -1.49. The quantitative estimate of drug-likeness (QED) is 0.606. The number of allylic oxidation sites excluding steroid dienone is 7. The number of nitrogens with zero attached hydrogens (tertiary/aromatic N) is 1. The lowest BCUT2D eigenvalue weighted by molar-refractivity contribution is -0.124. The SMILES string of the molecule is C/C=C1/NCC(CC2=C(Cl)CC=CC=C2Cl)=CC(=O)N1N. The van der Waals surface area contributed by atoms with Gasteiger partial charge in [-0.3, -0.25) is 4.79 Å². The van der Waals surface area contributed by atoms with E-state index in [-0.39, 0.29) is 5.91 Å². The van der Waals surface area contributed by atoms with Crippen LogP contribution in [0.25, 0.3) is 0 Å². The second-order valence-electron chi connectivity index (χ2n) is 4.75. The van der Waals surface area contributed by atoms with Crippen LogP contribution < -0.4 is 11.2 Å². The van der Waals surface area contributed by atoms with Crippen molar-refractivity contribution in [3.63, 3.8) is 0 Å². The Kier molecular flexibility index (Phi) is 5.28. The predicted octanol–water partition coefficient (Wildman–Crippen LogP) is 3.05. The molecule has 21 heavy (non-hydrogen) atoms. The van der Waals surface area contributed by atoms with Gasteiger partial charge in [0.25, 0.3) is 5.91 Å². The van der Waals surface area contributed by atoms with Gasteiger partial charge in [-0.15, -0.1) is 0 Å². The van der Waals surface area contributed by atoms with Gasteiger partial charge in [0.1, 0.15) is 5.82 Å². The Labute approximate surface area is 134 Å². The zero-order chi connectivity index (χ0) is 15.4. The number of hydrogen-bond acceptors (Lipinski definition) is 3. The van der Waals surface area contributed by atoms with Crippen molar-refractivity contribution in [3.8, 4) is 0 Å². The summed E-state index contributed by atoms with van der Waals surface area (Å²) in [7, 11) is 0. The fraction of sp³-hybridized carbons (Fsp3) is 0.267. The minimum Gasteiger partial charge on any atom is -0.367 e. The molecule has 0 atom stereocenters. The number of nitrogens with one attached hydrogen (secondary N) is 1. The largest absolute Gasteiger partial charge is 0.367 e. The van der Waals surface area contributed by atoms with Crippen LogP contribution in [0.4, 0.5) is 0 Å². The number of nitrogens with two attached hydrogens (primary N) is 1. The molecular formula is C15H17Cl2N3O. The molecule has 1 heterocycles. The first-order chi connectivity index (χ1) is 10.0. The first-order valence-electron chi connectivity index (χ1n) is 6.61. The van der Waals surface area contributed by atoms with Crippen LogP contribution in [0.15, 0.2) is 57.4 Å². The lowest BCUT2D eigenvalue weighted by atomic mass is 10.0. The minimum absolute atomic E-state index is 0.272. The molecule has 0 fully saturated rings. The Morgan fingerprint density at radius 1 is 1.48 bits per heavy atom. The Morgan fingerprint density at radius 2 is 2.24 bits per heavy atom. The molecule has 2 rings (SSSR count). The van der Waals surface area contributed by atoms with Gasteiger partial charge in [-0.25, -0.2) is 10.9 Å². The normalized spacial score (nSPS) is 21.8. The Morgan fingerprint density at radius 3 is 2.95 bits per heavy atom. The Bertz CT molecular complexity index is 600. The van der Waals surface area contributed by atoms with Gasteiger partial charge in [0.05, 0.1) is 0 Å². The predicted molar refractivity (Wildman–Crippen MR) is 86.1 cm³/mol. The number of rotatable bonds is 2. The van der Waals surface area contributed by atoms with Crippen LogP contribution in [0, 0.1) is 0 Å². The molecule has 0 aromatic rings. The first kappa shape index (κ1) is 15.9. The Balaban J connectivity index is 2.23. The zero-order valence-corrected chi connectivity index (χ0v) is 13.2. The van der Waals surface area contributed by atoms with E-state index in [1.54, 1.807) is 6.08 Å². The van der Waals surface area contributed by atoms with Gasteiger partial charge < -0.3 is 5.32 Å². The summed E-state index contributed by atoms with van der Waals surface area (Å²) in [6, 6.07) is 0. The summed E-state index contributed by atoms with van der Waals surface area (Å²) in [5, 5.41) is 5.51. The molecule has 1 amide bonds. The molecule has 0 radical (unpaired) electrons. The lowest BCUT2D eigenvalue weighted by Crippen LogP contribution is -2.39. The average Bonchev–Trinajstić information content (AvgIpc) is 2.70. The molecule has 0 saturated carbocycles. The van der Waals surface area contributed by atoms with Crippen LogP contribution in [-0.4, -0.2) is 17.5 Å². The van der Waals surface area contributed by atoms with E-state index in [1.807, 2.05) is 25.2 Å². The van der Waals surface area contributed by atoms with E-state index in [2.05, 4.69) is 5.32 Å². The lowest BCUT2D eigenvalue weighted by Gasteiger charge is -2.16. The maximum atomic E-state index is 12.0. The van der Waals surface area contributed by atoms with Crippen molar-refractivity contribution in [1.82, 2.24) is 10.3 Å². The fourth-order valence-electron chi connectivity index (χ4n) is 2.14. The van der Waals surface area contributed by atoms with Crippen molar-refractivity contribution in [2.45, 2.75) is 19.8 Å². The summed E-state index contributed by atoms with van der Waals surface area (Å²) in [6.07, 6.45) is 10.1. The van der Waals surface area contributed by atoms with Gasteiger partial charge in [-0.1, -0.05) is 35.4 Å². The van der Waals surface area contributed by atoms with E-state index in [1.165, 1.54) is 6.08 Å². The number of carbonyl (C=O) groups is 1. The van der Waals surface area contributed by atoms with Crippen LogP contribution in [0.5, 0.6) is 0 Å². The van der Waals surface area contributed by atoms with E-state index in [0.29, 0.717) is 35.3 Å². The van der Waals surface area contributed by atoms with Crippen LogP contribution in [-0.2, 0) is 4.79 Å². The van der Waals surface area contributed by atoms with E-state index < -0.39 is 0 Å². The van der Waals surface area contributed by atoms with Crippen LogP contribution in [0.1, 0.15) is 19.8 Å². The van der Waals surface area contributed by atoms with Crippen molar-refractivity contribution < 1.29 is 4.79 Å². The second kappa shape index (κ2) is 6.98. The number of hydrazine groups is 1. The molecule has 0 bridgehead atoms. The molecule has 0 unspecified atom stereocenters. The van der Waals surface area contributed by atoms with Crippen molar-refractivity contribution in [1.29, 1.82) is 0 Å².